The predicted molar refractivity (Wildman–Crippen MR) is 133 cm³/mol. The quantitative estimate of drug-likeness (QED) is 0.440. The molecule has 3 aromatic rings. The SMILES string of the molecule is CC/C(OCC1CCCC1)=C(\C)c1cc(C(=O)Nc2nc3ccc(C)cc3n2C)cc(C)n1. The zero-order valence-electron chi connectivity index (χ0n) is 20.4. The van der Waals surface area contributed by atoms with Crippen LogP contribution in [-0.2, 0) is 11.8 Å². The highest BCUT2D eigenvalue weighted by Gasteiger charge is 2.18. The fourth-order valence-electron chi connectivity index (χ4n) is 4.59. The van der Waals surface area contributed by atoms with Gasteiger partial charge in [0.15, 0.2) is 0 Å². The van der Waals surface area contributed by atoms with E-state index in [1.165, 1.54) is 25.7 Å². The van der Waals surface area contributed by atoms with Crippen LogP contribution in [0.1, 0.15) is 73.3 Å². The lowest BCUT2D eigenvalue weighted by Gasteiger charge is -2.16. The number of rotatable bonds is 7. The molecule has 2 heterocycles. The van der Waals surface area contributed by atoms with Crippen LogP contribution in [0, 0.1) is 19.8 Å². The molecule has 6 nitrogen and oxygen atoms in total. The van der Waals surface area contributed by atoms with E-state index in [0.717, 1.165) is 52.3 Å². The first-order chi connectivity index (χ1) is 15.9. The molecule has 174 valence electrons. The van der Waals surface area contributed by atoms with Crippen LogP contribution in [-0.4, -0.2) is 27.0 Å². The van der Waals surface area contributed by atoms with Crippen LogP contribution in [0.4, 0.5) is 5.95 Å². The van der Waals surface area contributed by atoms with E-state index in [1.807, 2.05) is 56.7 Å². The number of hydrogen-bond donors (Lipinski definition) is 1. The number of anilines is 1. The van der Waals surface area contributed by atoms with Crippen LogP contribution < -0.4 is 5.32 Å². The van der Waals surface area contributed by atoms with E-state index in [-0.39, 0.29) is 5.91 Å². The Balaban J connectivity index is 1.57. The van der Waals surface area contributed by atoms with Gasteiger partial charge in [-0.2, -0.15) is 0 Å². The van der Waals surface area contributed by atoms with Crippen molar-refractivity contribution in [2.45, 2.75) is 59.8 Å². The molecule has 0 bridgehead atoms. The van der Waals surface area contributed by atoms with Gasteiger partial charge in [-0.3, -0.25) is 15.1 Å². The van der Waals surface area contributed by atoms with Crippen LogP contribution in [0.2, 0.25) is 0 Å². The first kappa shape index (κ1) is 23.0. The van der Waals surface area contributed by atoms with Crippen molar-refractivity contribution in [3.05, 3.63) is 58.6 Å². The molecule has 0 radical (unpaired) electrons. The second-order valence-electron chi connectivity index (χ2n) is 9.19. The van der Waals surface area contributed by atoms with Gasteiger partial charge in [0.1, 0.15) is 5.76 Å². The van der Waals surface area contributed by atoms with E-state index in [0.29, 0.717) is 17.4 Å². The van der Waals surface area contributed by atoms with E-state index in [9.17, 15) is 4.79 Å². The number of ether oxygens (including phenoxy) is 1. The molecule has 4 rings (SSSR count). The van der Waals surface area contributed by atoms with Crippen molar-refractivity contribution in [3.63, 3.8) is 0 Å². The molecule has 2 aromatic heterocycles. The van der Waals surface area contributed by atoms with Gasteiger partial charge in [0.2, 0.25) is 5.95 Å². The third kappa shape index (κ3) is 5.10. The summed E-state index contributed by atoms with van der Waals surface area (Å²) in [4.78, 5) is 22.4. The van der Waals surface area contributed by atoms with Gasteiger partial charge in [-0.25, -0.2) is 4.98 Å². The van der Waals surface area contributed by atoms with E-state index in [1.54, 1.807) is 0 Å². The van der Waals surface area contributed by atoms with Gasteiger partial charge in [-0.1, -0.05) is 25.8 Å². The van der Waals surface area contributed by atoms with Gasteiger partial charge in [-0.05, 0) is 69.4 Å². The predicted octanol–water partition coefficient (Wildman–Crippen LogP) is 6.19. The minimum atomic E-state index is -0.199. The highest BCUT2D eigenvalue weighted by molar-refractivity contribution is 6.04. The Kier molecular flexibility index (Phi) is 6.82. The average Bonchev–Trinajstić information content (AvgIpc) is 3.42. The van der Waals surface area contributed by atoms with Crippen molar-refractivity contribution in [3.8, 4) is 0 Å². The lowest BCUT2D eigenvalue weighted by atomic mass is 10.1. The van der Waals surface area contributed by atoms with E-state index in [4.69, 9.17) is 9.72 Å². The van der Waals surface area contributed by atoms with Crippen LogP contribution in [0.15, 0.2) is 36.1 Å². The van der Waals surface area contributed by atoms with Crippen molar-refractivity contribution >= 4 is 28.5 Å². The van der Waals surface area contributed by atoms with Crippen molar-refractivity contribution < 1.29 is 9.53 Å². The van der Waals surface area contributed by atoms with Crippen molar-refractivity contribution in [2.24, 2.45) is 13.0 Å². The minimum Gasteiger partial charge on any atom is -0.497 e. The number of amides is 1. The second-order valence-corrected chi connectivity index (χ2v) is 9.19. The zero-order valence-corrected chi connectivity index (χ0v) is 20.4. The van der Waals surface area contributed by atoms with Crippen LogP contribution in [0.5, 0.6) is 0 Å². The smallest absolute Gasteiger partial charge is 0.258 e. The molecule has 33 heavy (non-hydrogen) atoms. The maximum atomic E-state index is 13.1. The summed E-state index contributed by atoms with van der Waals surface area (Å²) in [5, 5.41) is 2.97. The number of aromatic nitrogens is 3. The van der Waals surface area contributed by atoms with Gasteiger partial charge in [-0.15, -0.1) is 0 Å². The lowest BCUT2D eigenvalue weighted by molar-refractivity contribution is 0.102. The summed E-state index contributed by atoms with van der Waals surface area (Å²) in [5.41, 5.74) is 6.13. The van der Waals surface area contributed by atoms with Gasteiger partial charge in [0.05, 0.1) is 23.3 Å². The summed E-state index contributed by atoms with van der Waals surface area (Å²) in [5.74, 6) is 1.94. The molecule has 0 atom stereocenters. The molecule has 0 aliphatic heterocycles. The molecular formula is C27H34N4O2. The normalized spacial score (nSPS) is 15.1. The number of carbonyl (C=O) groups excluding carboxylic acids is 1. The van der Waals surface area contributed by atoms with Crippen molar-refractivity contribution in [1.82, 2.24) is 14.5 Å². The Hall–Kier alpha value is -3.15. The Morgan fingerprint density at radius 2 is 1.91 bits per heavy atom. The maximum absolute atomic E-state index is 13.1. The number of pyridine rings is 1. The summed E-state index contributed by atoms with van der Waals surface area (Å²) in [6.07, 6.45) is 5.92. The fourth-order valence-corrected chi connectivity index (χ4v) is 4.59. The number of carbonyl (C=O) groups is 1. The highest BCUT2D eigenvalue weighted by Crippen LogP contribution is 2.28. The third-order valence-electron chi connectivity index (χ3n) is 6.57. The van der Waals surface area contributed by atoms with Crippen molar-refractivity contribution in [2.75, 3.05) is 11.9 Å². The van der Waals surface area contributed by atoms with E-state index >= 15 is 0 Å². The van der Waals surface area contributed by atoms with Crippen molar-refractivity contribution in [1.29, 1.82) is 0 Å². The summed E-state index contributed by atoms with van der Waals surface area (Å²) < 4.78 is 8.12. The monoisotopic (exact) mass is 446 g/mol. The summed E-state index contributed by atoms with van der Waals surface area (Å²) in [6, 6.07) is 9.72. The summed E-state index contributed by atoms with van der Waals surface area (Å²) >= 11 is 0. The molecule has 0 spiro atoms. The van der Waals surface area contributed by atoms with Gasteiger partial charge in [0, 0.05) is 30.3 Å². The topological polar surface area (TPSA) is 69.0 Å². The molecule has 1 amide bonds. The largest absolute Gasteiger partial charge is 0.497 e. The zero-order chi connectivity index (χ0) is 23.5. The number of aryl methyl sites for hydroxylation is 3. The third-order valence-corrected chi connectivity index (χ3v) is 6.57. The van der Waals surface area contributed by atoms with E-state index < -0.39 is 0 Å². The minimum absolute atomic E-state index is 0.199. The summed E-state index contributed by atoms with van der Waals surface area (Å²) in [7, 11) is 1.91. The molecule has 1 aliphatic rings. The standard InChI is InChI=1S/C27H34N4O2/c1-6-25(33-16-20-9-7-8-10-20)19(4)23-15-21(14-18(3)28-23)26(32)30-27-29-22-12-11-17(2)13-24(22)31(27)5/h11-15,20H,6-10,16H2,1-5H3,(H,29,30,32)/b25-19-. The Morgan fingerprint density at radius 3 is 2.64 bits per heavy atom. The fraction of sp³-hybridized carbons (Fsp3) is 0.444. The van der Waals surface area contributed by atoms with Crippen LogP contribution in [0.25, 0.3) is 16.6 Å². The molecule has 1 aromatic carbocycles. The molecule has 0 saturated heterocycles. The van der Waals surface area contributed by atoms with Gasteiger partial charge < -0.3 is 9.30 Å². The van der Waals surface area contributed by atoms with E-state index in [2.05, 4.69) is 23.3 Å². The highest BCUT2D eigenvalue weighted by atomic mass is 16.5. The van der Waals surface area contributed by atoms with Gasteiger partial charge >= 0.3 is 0 Å². The first-order valence-electron chi connectivity index (χ1n) is 11.9. The van der Waals surface area contributed by atoms with Crippen LogP contribution >= 0.6 is 0 Å². The first-order valence-corrected chi connectivity index (χ1v) is 11.9. The summed E-state index contributed by atoms with van der Waals surface area (Å²) in [6.45, 7) is 8.86. The van der Waals surface area contributed by atoms with Crippen LogP contribution in [0.3, 0.4) is 0 Å². The number of allylic oxidation sites excluding steroid dienone is 2. The number of nitrogens with zero attached hydrogens (tertiary/aromatic N) is 3. The maximum Gasteiger partial charge on any atom is 0.258 e. The number of hydrogen-bond acceptors (Lipinski definition) is 4. The molecule has 1 fully saturated rings. The number of benzene rings is 1. The average molecular weight is 447 g/mol. The molecule has 0 unspecified atom stereocenters. The molecular weight excluding hydrogens is 412 g/mol. The number of fused-ring (bicyclic) bond motifs is 1. The lowest BCUT2D eigenvalue weighted by Crippen LogP contribution is -2.16. The molecule has 1 saturated carbocycles. The molecule has 1 aliphatic carbocycles. The Morgan fingerprint density at radius 1 is 1.15 bits per heavy atom. The second kappa shape index (κ2) is 9.77. The van der Waals surface area contributed by atoms with Gasteiger partial charge in [0.25, 0.3) is 5.91 Å². The number of nitrogens with one attached hydrogen (secondary N) is 1. The Bertz CT molecular complexity index is 1200. The molecule has 6 heteroatoms. The Labute approximate surface area is 196 Å². The number of imidazole rings is 1. The molecule has 1 N–H and O–H groups in total.